The van der Waals surface area contributed by atoms with Gasteiger partial charge >= 0.3 is 0 Å². The van der Waals surface area contributed by atoms with E-state index in [0.717, 1.165) is 21.8 Å². The number of hydrogen-bond acceptors (Lipinski definition) is 5. The lowest BCUT2D eigenvalue weighted by Gasteiger charge is -2.30. The van der Waals surface area contributed by atoms with E-state index in [0.29, 0.717) is 29.2 Å². The van der Waals surface area contributed by atoms with Crippen LogP contribution in [0.1, 0.15) is 28.4 Å². The van der Waals surface area contributed by atoms with E-state index in [1.165, 1.54) is 11.8 Å². The van der Waals surface area contributed by atoms with Gasteiger partial charge in [-0.3, -0.25) is 14.5 Å². The molecular weight excluding hydrogens is 484 g/mol. The maximum atomic E-state index is 14.0. The van der Waals surface area contributed by atoms with E-state index < -0.39 is 6.04 Å². The van der Waals surface area contributed by atoms with E-state index in [1.54, 1.807) is 18.1 Å². The molecule has 0 saturated heterocycles. The summed E-state index contributed by atoms with van der Waals surface area (Å²) in [6, 6.07) is 24.1. The highest BCUT2D eigenvalue weighted by Gasteiger charge is 2.41. The van der Waals surface area contributed by atoms with Crippen LogP contribution in [0.2, 0.25) is 0 Å². The Bertz CT molecular complexity index is 1430. The van der Waals surface area contributed by atoms with Gasteiger partial charge in [-0.05, 0) is 43.7 Å². The first-order valence-electron chi connectivity index (χ1n) is 12.0. The maximum Gasteiger partial charge on any atom is 0.248 e. The Morgan fingerprint density at radius 2 is 1.73 bits per heavy atom. The van der Waals surface area contributed by atoms with Gasteiger partial charge in [0, 0.05) is 12.1 Å². The topological polar surface area (TPSA) is 76.5 Å². The summed E-state index contributed by atoms with van der Waals surface area (Å²) in [6.07, 6.45) is 0. The second-order valence-corrected chi connectivity index (χ2v) is 9.85. The van der Waals surface area contributed by atoms with Crippen LogP contribution < -0.4 is 15.0 Å². The van der Waals surface area contributed by atoms with Crippen LogP contribution >= 0.6 is 11.8 Å². The van der Waals surface area contributed by atoms with Crippen molar-refractivity contribution >= 4 is 29.3 Å². The standard InChI is InChI=1S/C29H28N4O3S/c1-19-13-15-21(16-14-19)17-30-28(35)27-26-20(2)31-33(22-9-5-4-6-10-22)29(26)37-18-25(34)32(27)23-11-7-8-12-24(23)36-3/h4-16,27H,17-18H2,1-3H3,(H,30,35). The number of ether oxygens (including phenoxy) is 1. The van der Waals surface area contributed by atoms with Crippen LogP contribution in [0.4, 0.5) is 5.69 Å². The summed E-state index contributed by atoms with van der Waals surface area (Å²) in [6.45, 7) is 4.25. The zero-order valence-electron chi connectivity index (χ0n) is 21.0. The van der Waals surface area contributed by atoms with Crippen molar-refractivity contribution in [2.45, 2.75) is 31.5 Å². The summed E-state index contributed by atoms with van der Waals surface area (Å²) < 4.78 is 7.42. The number of carbonyl (C=O) groups is 2. The number of methoxy groups -OCH3 is 1. The van der Waals surface area contributed by atoms with E-state index in [9.17, 15) is 9.59 Å². The highest BCUT2D eigenvalue weighted by molar-refractivity contribution is 8.00. The normalized spacial score (nSPS) is 15.2. The predicted molar refractivity (Wildman–Crippen MR) is 145 cm³/mol. The Morgan fingerprint density at radius 3 is 2.46 bits per heavy atom. The number of anilines is 1. The van der Waals surface area contributed by atoms with Gasteiger partial charge in [-0.1, -0.05) is 71.9 Å². The average Bonchev–Trinajstić information content (AvgIpc) is 3.16. The molecule has 4 aromatic rings. The molecule has 37 heavy (non-hydrogen) atoms. The largest absolute Gasteiger partial charge is 0.495 e. The van der Waals surface area contributed by atoms with Crippen molar-refractivity contribution in [3.05, 3.63) is 101 Å². The Labute approximate surface area is 220 Å². The van der Waals surface area contributed by atoms with Crippen molar-refractivity contribution in [1.29, 1.82) is 0 Å². The Morgan fingerprint density at radius 1 is 1.03 bits per heavy atom. The molecule has 7 nitrogen and oxygen atoms in total. The van der Waals surface area contributed by atoms with Crippen molar-refractivity contribution in [1.82, 2.24) is 15.1 Å². The quantitative estimate of drug-likeness (QED) is 0.394. The van der Waals surface area contributed by atoms with Gasteiger partial charge in [0.2, 0.25) is 11.8 Å². The molecule has 2 amide bonds. The van der Waals surface area contributed by atoms with Crippen LogP contribution in [0.25, 0.3) is 5.69 Å². The Kier molecular flexibility index (Phi) is 7.01. The number of fused-ring (bicyclic) bond motifs is 1. The summed E-state index contributed by atoms with van der Waals surface area (Å²) in [5, 5.41) is 8.66. The van der Waals surface area contributed by atoms with Gasteiger partial charge in [-0.2, -0.15) is 5.10 Å². The van der Waals surface area contributed by atoms with Gasteiger partial charge in [-0.25, -0.2) is 4.68 Å². The summed E-state index contributed by atoms with van der Waals surface area (Å²) in [4.78, 5) is 29.2. The minimum absolute atomic E-state index is 0.157. The molecule has 3 aromatic carbocycles. The first-order valence-corrected chi connectivity index (χ1v) is 13.0. The van der Waals surface area contributed by atoms with Crippen molar-refractivity contribution in [2.75, 3.05) is 17.8 Å². The molecule has 0 bridgehead atoms. The van der Waals surface area contributed by atoms with Gasteiger partial charge in [0.25, 0.3) is 0 Å². The second kappa shape index (κ2) is 10.5. The highest BCUT2D eigenvalue weighted by atomic mass is 32.2. The molecule has 8 heteroatoms. The van der Waals surface area contributed by atoms with E-state index in [1.807, 2.05) is 91.3 Å². The number of amides is 2. The SMILES string of the molecule is COc1ccccc1N1C(=O)CSc2c(c(C)nn2-c2ccccc2)C1C(=O)NCc1ccc(C)cc1. The lowest BCUT2D eigenvalue weighted by Crippen LogP contribution is -2.44. The molecule has 0 saturated carbocycles. The number of hydrogen-bond donors (Lipinski definition) is 1. The number of thioether (sulfide) groups is 1. The average molecular weight is 513 g/mol. The third-order valence-electron chi connectivity index (χ3n) is 6.38. The smallest absolute Gasteiger partial charge is 0.248 e. The van der Waals surface area contributed by atoms with E-state index in [2.05, 4.69) is 5.32 Å². The fourth-order valence-electron chi connectivity index (χ4n) is 4.53. The number of aromatic nitrogens is 2. The van der Waals surface area contributed by atoms with Crippen LogP contribution in [0, 0.1) is 13.8 Å². The number of carbonyl (C=O) groups excluding carboxylic acids is 2. The molecule has 1 N–H and O–H groups in total. The van der Waals surface area contributed by atoms with Gasteiger partial charge in [0.15, 0.2) is 0 Å². The molecular formula is C29H28N4O3S. The number of aryl methyl sites for hydroxylation is 2. The van der Waals surface area contributed by atoms with Gasteiger partial charge < -0.3 is 10.1 Å². The zero-order chi connectivity index (χ0) is 25.9. The van der Waals surface area contributed by atoms with Crippen molar-refractivity contribution in [2.24, 2.45) is 0 Å². The molecule has 1 aliphatic rings. The minimum Gasteiger partial charge on any atom is -0.495 e. The molecule has 2 heterocycles. The van der Waals surface area contributed by atoms with Crippen LogP contribution in [0.15, 0.2) is 83.9 Å². The molecule has 5 rings (SSSR count). The van der Waals surface area contributed by atoms with Crippen LogP contribution in [-0.4, -0.2) is 34.5 Å². The van der Waals surface area contributed by atoms with Gasteiger partial charge in [0.05, 0.1) is 29.9 Å². The second-order valence-electron chi connectivity index (χ2n) is 8.88. The van der Waals surface area contributed by atoms with Crippen LogP contribution in [0.3, 0.4) is 0 Å². The van der Waals surface area contributed by atoms with E-state index >= 15 is 0 Å². The van der Waals surface area contributed by atoms with Crippen molar-refractivity contribution < 1.29 is 14.3 Å². The lowest BCUT2D eigenvalue weighted by molar-refractivity contribution is -0.126. The molecule has 0 spiro atoms. The first-order chi connectivity index (χ1) is 18.0. The number of nitrogens with one attached hydrogen (secondary N) is 1. The first kappa shape index (κ1) is 24.6. The molecule has 0 aliphatic carbocycles. The van der Waals surface area contributed by atoms with Crippen LogP contribution in [0.5, 0.6) is 5.75 Å². The molecule has 1 atom stereocenters. The van der Waals surface area contributed by atoms with E-state index in [4.69, 9.17) is 9.84 Å². The molecule has 0 fully saturated rings. The van der Waals surface area contributed by atoms with Gasteiger partial charge in [-0.15, -0.1) is 0 Å². The van der Waals surface area contributed by atoms with Gasteiger partial charge in [0.1, 0.15) is 16.8 Å². The summed E-state index contributed by atoms with van der Waals surface area (Å²) >= 11 is 1.40. The fourth-order valence-corrected chi connectivity index (χ4v) is 5.61. The van der Waals surface area contributed by atoms with E-state index in [-0.39, 0.29) is 17.6 Å². The summed E-state index contributed by atoms with van der Waals surface area (Å²) in [7, 11) is 1.56. The third kappa shape index (κ3) is 4.84. The minimum atomic E-state index is -0.920. The van der Waals surface area contributed by atoms with Crippen molar-refractivity contribution in [3.63, 3.8) is 0 Å². The number of rotatable bonds is 6. The lowest BCUT2D eigenvalue weighted by atomic mass is 10.0. The molecule has 1 unspecified atom stereocenters. The fraction of sp³-hybridized carbons (Fsp3) is 0.207. The molecule has 1 aliphatic heterocycles. The third-order valence-corrected chi connectivity index (χ3v) is 7.43. The highest BCUT2D eigenvalue weighted by Crippen LogP contribution is 2.43. The summed E-state index contributed by atoms with van der Waals surface area (Å²) in [5.41, 5.74) is 4.96. The maximum absolute atomic E-state index is 14.0. The number of para-hydroxylation sites is 3. The molecule has 0 radical (unpaired) electrons. The Hall–Kier alpha value is -4.04. The van der Waals surface area contributed by atoms with Crippen LogP contribution in [-0.2, 0) is 16.1 Å². The Balaban J connectivity index is 1.63. The van der Waals surface area contributed by atoms with Crippen molar-refractivity contribution in [3.8, 4) is 11.4 Å². The number of benzene rings is 3. The molecule has 1 aromatic heterocycles. The number of nitrogens with zero attached hydrogens (tertiary/aromatic N) is 3. The summed E-state index contributed by atoms with van der Waals surface area (Å²) in [5.74, 6) is 0.221. The predicted octanol–water partition coefficient (Wildman–Crippen LogP) is 4.99. The monoisotopic (exact) mass is 512 g/mol. The zero-order valence-corrected chi connectivity index (χ0v) is 21.8. The molecule has 188 valence electrons.